The Bertz CT molecular complexity index is 485. The summed E-state index contributed by atoms with van der Waals surface area (Å²) in [6, 6.07) is 7.28. The number of nitrogens with zero attached hydrogens (tertiary/aromatic N) is 1. The maximum atomic E-state index is 12.3. The molecule has 5 heteroatoms. The van der Waals surface area contributed by atoms with Gasteiger partial charge in [-0.1, -0.05) is 17.7 Å². The van der Waals surface area contributed by atoms with Crippen molar-refractivity contribution in [2.45, 2.75) is 24.2 Å². The molecule has 1 atom stereocenters. The van der Waals surface area contributed by atoms with Crippen LogP contribution in [0.3, 0.4) is 0 Å². The zero-order valence-corrected chi connectivity index (χ0v) is 10.9. The molecule has 0 saturated heterocycles. The zero-order chi connectivity index (χ0) is 12.5. The maximum Gasteiger partial charge on any atom is 0.0803 e. The van der Waals surface area contributed by atoms with Gasteiger partial charge in [-0.2, -0.15) is 5.26 Å². The summed E-state index contributed by atoms with van der Waals surface area (Å²) in [5.41, 5.74) is 6.19. The van der Waals surface area contributed by atoms with E-state index in [1.165, 1.54) is 0 Å². The first-order valence-corrected chi connectivity index (χ1v) is 7.07. The van der Waals surface area contributed by atoms with Crippen LogP contribution in [-0.2, 0) is 10.8 Å². The van der Waals surface area contributed by atoms with Gasteiger partial charge in [0.1, 0.15) is 0 Å². The lowest BCUT2D eigenvalue weighted by Crippen LogP contribution is -2.13. The van der Waals surface area contributed by atoms with Gasteiger partial charge < -0.3 is 5.73 Å². The molecule has 1 aliphatic rings. The Morgan fingerprint density at radius 1 is 1.53 bits per heavy atom. The van der Waals surface area contributed by atoms with Gasteiger partial charge in [-0.05, 0) is 30.4 Å². The van der Waals surface area contributed by atoms with Gasteiger partial charge in [-0.15, -0.1) is 0 Å². The molecule has 1 fully saturated rings. The molecule has 0 heterocycles. The summed E-state index contributed by atoms with van der Waals surface area (Å²) in [6.45, 7) is 0. The van der Waals surface area contributed by atoms with Gasteiger partial charge >= 0.3 is 0 Å². The zero-order valence-electron chi connectivity index (χ0n) is 9.28. The largest absolute Gasteiger partial charge is 0.398 e. The second kappa shape index (κ2) is 4.67. The normalized spacial score (nSPS) is 18.4. The van der Waals surface area contributed by atoms with E-state index in [9.17, 15) is 4.21 Å². The van der Waals surface area contributed by atoms with E-state index in [-0.39, 0.29) is 5.41 Å². The van der Waals surface area contributed by atoms with E-state index in [0.717, 1.165) is 12.8 Å². The van der Waals surface area contributed by atoms with Crippen LogP contribution in [0.15, 0.2) is 23.1 Å². The molecule has 1 aromatic carbocycles. The summed E-state index contributed by atoms with van der Waals surface area (Å²) in [5.74, 6) is 0.481. The topological polar surface area (TPSA) is 66.9 Å². The van der Waals surface area contributed by atoms with Gasteiger partial charge in [0, 0.05) is 17.9 Å². The number of nitriles is 1. The van der Waals surface area contributed by atoms with Crippen LogP contribution in [-0.4, -0.2) is 9.96 Å². The fourth-order valence-electron chi connectivity index (χ4n) is 1.83. The highest BCUT2D eigenvalue weighted by Gasteiger charge is 2.44. The summed E-state index contributed by atoms with van der Waals surface area (Å²) in [6.07, 6.45) is 2.40. The number of benzene rings is 1. The SMILES string of the molecule is N#CCC1(CS(=O)c2c(N)cccc2Cl)CC1. The van der Waals surface area contributed by atoms with Gasteiger partial charge in [-0.3, -0.25) is 4.21 Å². The van der Waals surface area contributed by atoms with Crippen molar-refractivity contribution in [2.75, 3.05) is 11.5 Å². The predicted octanol–water partition coefficient (Wildman–Crippen LogP) is 2.72. The van der Waals surface area contributed by atoms with Crippen molar-refractivity contribution in [1.82, 2.24) is 0 Å². The third-order valence-corrected chi connectivity index (χ3v) is 5.29. The molecule has 90 valence electrons. The number of nitrogen functional groups attached to an aromatic ring is 1. The summed E-state index contributed by atoms with van der Waals surface area (Å²) in [4.78, 5) is 0.512. The van der Waals surface area contributed by atoms with E-state index in [4.69, 9.17) is 22.6 Å². The molecular weight excluding hydrogens is 256 g/mol. The van der Waals surface area contributed by atoms with Gasteiger partial charge in [0.2, 0.25) is 0 Å². The molecule has 0 aliphatic heterocycles. The Labute approximate surface area is 108 Å². The van der Waals surface area contributed by atoms with Crippen LogP contribution in [0.5, 0.6) is 0 Å². The second-order valence-corrected chi connectivity index (χ2v) is 6.28. The van der Waals surface area contributed by atoms with Gasteiger partial charge in [0.25, 0.3) is 0 Å². The molecule has 1 aromatic rings. The molecule has 0 radical (unpaired) electrons. The molecule has 0 bridgehead atoms. The fraction of sp³-hybridized carbons (Fsp3) is 0.417. The van der Waals surface area contributed by atoms with E-state index < -0.39 is 10.8 Å². The molecule has 17 heavy (non-hydrogen) atoms. The number of nitrogens with two attached hydrogens (primary N) is 1. The minimum Gasteiger partial charge on any atom is -0.398 e. The van der Waals surface area contributed by atoms with Crippen molar-refractivity contribution in [3.63, 3.8) is 0 Å². The van der Waals surface area contributed by atoms with Crippen molar-refractivity contribution in [3.8, 4) is 6.07 Å². The molecule has 0 aromatic heterocycles. The monoisotopic (exact) mass is 268 g/mol. The number of hydrogen-bond acceptors (Lipinski definition) is 3. The molecule has 2 N–H and O–H groups in total. The van der Waals surface area contributed by atoms with Crippen LogP contribution < -0.4 is 5.73 Å². The number of rotatable bonds is 4. The van der Waals surface area contributed by atoms with Crippen molar-refractivity contribution in [2.24, 2.45) is 5.41 Å². The average Bonchev–Trinajstić information content (AvgIpc) is 2.98. The third-order valence-electron chi connectivity index (χ3n) is 3.07. The lowest BCUT2D eigenvalue weighted by atomic mass is 10.1. The lowest BCUT2D eigenvalue weighted by molar-refractivity contribution is 0.587. The van der Waals surface area contributed by atoms with Crippen LogP contribution >= 0.6 is 11.6 Å². The minimum atomic E-state index is -1.22. The first-order chi connectivity index (χ1) is 8.08. The van der Waals surface area contributed by atoms with Gasteiger partial charge in [0.05, 0.1) is 26.8 Å². The van der Waals surface area contributed by atoms with E-state index in [1.807, 2.05) is 0 Å². The van der Waals surface area contributed by atoms with Crippen molar-refractivity contribution < 1.29 is 4.21 Å². The third kappa shape index (κ3) is 2.62. The van der Waals surface area contributed by atoms with Crippen molar-refractivity contribution in [3.05, 3.63) is 23.2 Å². The van der Waals surface area contributed by atoms with Crippen LogP contribution in [0.1, 0.15) is 19.3 Å². The molecule has 0 spiro atoms. The van der Waals surface area contributed by atoms with E-state index in [2.05, 4.69) is 6.07 Å². The predicted molar refractivity (Wildman–Crippen MR) is 69.0 cm³/mol. The lowest BCUT2D eigenvalue weighted by Gasteiger charge is -2.12. The molecule has 0 amide bonds. The summed E-state index contributed by atoms with van der Waals surface area (Å²) in [7, 11) is -1.22. The number of halogens is 1. The van der Waals surface area contributed by atoms with Crippen molar-refractivity contribution in [1.29, 1.82) is 5.26 Å². The molecule has 1 aliphatic carbocycles. The Morgan fingerprint density at radius 2 is 2.24 bits per heavy atom. The standard InChI is InChI=1S/C12H13ClN2OS/c13-9-2-1-3-10(15)11(9)17(16)8-12(4-5-12)6-7-14/h1-3H,4-6,8,15H2. The summed E-state index contributed by atoms with van der Waals surface area (Å²) in [5, 5.41) is 9.18. The highest BCUT2D eigenvalue weighted by atomic mass is 35.5. The number of hydrogen-bond donors (Lipinski definition) is 1. The Morgan fingerprint density at radius 3 is 2.76 bits per heavy atom. The van der Waals surface area contributed by atoms with Gasteiger partial charge in [0.15, 0.2) is 0 Å². The Balaban J connectivity index is 2.19. The van der Waals surface area contributed by atoms with E-state index in [0.29, 0.717) is 27.8 Å². The van der Waals surface area contributed by atoms with E-state index >= 15 is 0 Å². The highest BCUT2D eigenvalue weighted by Crippen LogP contribution is 2.50. The smallest absolute Gasteiger partial charge is 0.0803 e. The Hall–Kier alpha value is -1.05. The molecule has 1 saturated carbocycles. The van der Waals surface area contributed by atoms with Crippen LogP contribution in [0.4, 0.5) is 5.69 Å². The van der Waals surface area contributed by atoms with Crippen LogP contribution in [0.2, 0.25) is 5.02 Å². The first kappa shape index (κ1) is 12.4. The fourth-order valence-corrected chi connectivity index (χ4v) is 3.98. The molecule has 1 unspecified atom stereocenters. The van der Waals surface area contributed by atoms with E-state index in [1.54, 1.807) is 18.2 Å². The maximum absolute atomic E-state index is 12.3. The molecular formula is C12H13ClN2OS. The highest BCUT2D eigenvalue weighted by molar-refractivity contribution is 7.85. The first-order valence-electron chi connectivity index (χ1n) is 5.37. The second-order valence-electron chi connectivity index (χ2n) is 4.48. The van der Waals surface area contributed by atoms with Crippen molar-refractivity contribution >= 4 is 28.1 Å². The van der Waals surface area contributed by atoms with Crippen LogP contribution in [0, 0.1) is 16.7 Å². The van der Waals surface area contributed by atoms with Crippen LogP contribution in [0.25, 0.3) is 0 Å². The quantitative estimate of drug-likeness (QED) is 0.854. The van der Waals surface area contributed by atoms with Gasteiger partial charge in [-0.25, -0.2) is 0 Å². The number of anilines is 1. The summed E-state index contributed by atoms with van der Waals surface area (Å²) >= 11 is 6.01. The Kier molecular flexibility index (Phi) is 3.41. The average molecular weight is 269 g/mol. The summed E-state index contributed by atoms with van der Waals surface area (Å²) < 4.78 is 12.3. The molecule has 2 rings (SSSR count). The minimum absolute atomic E-state index is 0.0643. The molecule has 3 nitrogen and oxygen atoms in total.